The van der Waals surface area contributed by atoms with E-state index in [4.69, 9.17) is 0 Å². The van der Waals surface area contributed by atoms with Crippen molar-refractivity contribution in [3.63, 3.8) is 0 Å². The molecule has 1 amide bonds. The fraction of sp³-hybridized carbons (Fsp3) is 0.639. The van der Waals surface area contributed by atoms with Crippen LogP contribution in [0.25, 0.3) is 0 Å². The minimum atomic E-state index is -0.432. The van der Waals surface area contributed by atoms with Crippen molar-refractivity contribution < 1.29 is 14.4 Å². The van der Waals surface area contributed by atoms with Crippen LogP contribution in [0.15, 0.2) is 47.4 Å². The maximum atomic E-state index is 12.9. The SMILES string of the molecule is CCCC[C@]1(CC)CSc2ccc(N(C)C)cc2[C@@H](Cc2cccc(NC(=O)CCCC[N+](CC)(CC)CC)c2)C1O. The minimum Gasteiger partial charge on any atom is -0.392 e. The van der Waals surface area contributed by atoms with E-state index in [2.05, 4.69) is 89.3 Å². The summed E-state index contributed by atoms with van der Waals surface area (Å²) in [6.07, 6.45) is 7.14. The lowest BCUT2D eigenvalue weighted by Gasteiger charge is -2.40. The molecule has 0 radical (unpaired) electrons. The van der Waals surface area contributed by atoms with Crippen molar-refractivity contribution in [2.45, 2.75) is 103 Å². The molecule has 1 aliphatic rings. The standard InChI is InChI=1S/C36H57N3O2S/c1-8-13-22-36(9-2)27-42-33-21-20-30(38(6)7)26-31(33)32(35(36)41)25-28-17-16-18-29(24-28)37-34(40)19-14-15-23-39(10-3,11-4)12-5/h16-18,20-21,24,26,32,35,41H,8-15,19,22-23,25,27H2,1-7H3/p+1/t32-,35?,36-/m1/s1. The van der Waals surface area contributed by atoms with Gasteiger partial charge in [-0.15, -0.1) is 11.8 Å². The Morgan fingerprint density at radius 1 is 1.02 bits per heavy atom. The summed E-state index contributed by atoms with van der Waals surface area (Å²) in [6.45, 7) is 15.9. The first-order valence-electron chi connectivity index (χ1n) is 16.5. The maximum absolute atomic E-state index is 12.9. The van der Waals surface area contributed by atoms with E-state index in [0.717, 1.165) is 98.3 Å². The number of carbonyl (C=O) groups is 1. The Morgan fingerprint density at radius 2 is 1.76 bits per heavy atom. The highest BCUT2D eigenvalue weighted by Gasteiger charge is 2.43. The van der Waals surface area contributed by atoms with Gasteiger partial charge in [-0.2, -0.15) is 0 Å². The first-order valence-corrected chi connectivity index (χ1v) is 17.5. The van der Waals surface area contributed by atoms with Gasteiger partial charge >= 0.3 is 0 Å². The van der Waals surface area contributed by atoms with Gasteiger partial charge in [-0.3, -0.25) is 4.79 Å². The fourth-order valence-corrected chi connectivity index (χ4v) is 8.23. The van der Waals surface area contributed by atoms with Crippen molar-refractivity contribution in [2.24, 2.45) is 5.41 Å². The van der Waals surface area contributed by atoms with Gasteiger partial charge in [-0.1, -0.05) is 38.8 Å². The van der Waals surface area contributed by atoms with Crippen molar-refractivity contribution in [1.82, 2.24) is 0 Å². The van der Waals surface area contributed by atoms with Crippen LogP contribution < -0.4 is 10.2 Å². The number of rotatable bonds is 16. The van der Waals surface area contributed by atoms with Crippen molar-refractivity contribution in [3.8, 4) is 0 Å². The molecule has 0 spiro atoms. The van der Waals surface area contributed by atoms with Crippen molar-refractivity contribution in [2.75, 3.05) is 56.2 Å². The highest BCUT2D eigenvalue weighted by atomic mass is 32.2. The van der Waals surface area contributed by atoms with Crippen LogP contribution in [0.2, 0.25) is 0 Å². The number of nitrogens with zero attached hydrogens (tertiary/aromatic N) is 2. The number of anilines is 2. The van der Waals surface area contributed by atoms with Crippen molar-refractivity contribution in [1.29, 1.82) is 0 Å². The fourth-order valence-electron chi connectivity index (χ4n) is 6.73. The minimum absolute atomic E-state index is 0.00764. The predicted molar refractivity (Wildman–Crippen MR) is 182 cm³/mol. The van der Waals surface area contributed by atoms with Crippen LogP contribution in [0.3, 0.4) is 0 Å². The molecule has 0 saturated heterocycles. The van der Waals surface area contributed by atoms with Crippen LogP contribution in [0.4, 0.5) is 11.4 Å². The van der Waals surface area contributed by atoms with Gasteiger partial charge in [-0.05, 0) is 94.3 Å². The largest absolute Gasteiger partial charge is 0.392 e. The monoisotopic (exact) mass is 596 g/mol. The summed E-state index contributed by atoms with van der Waals surface area (Å²) in [7, 11) is 4.15. The molecule has 6 heteroatoms. The van der Waals surface area contributed by atoms with Crippen LogP contribution in [-0.4, -0.2) is 67.6 Å². The number of thioether (sulfide) groups is 1. The second-order valence-corrected chi connectivity index (χ2v) is 13.7. The maximum Gasteiger partial charge on any atom is 0.224 e. The Labute approximate surface area is 261 Å². The average Bonchev–Trinajstić information content (AvgIpc) is 3.11. The van der Waals surface area contributed by atoms with Gasteiger partial charge in [0.15, 0.2) is 0 Å². The molecular weight excluding hydrogens is 538 g/mol. The second kappa shape index (κ2) is 16.2. The molecule has 0 aromatic heterocycles. The molecule has 1 heterocycles. The molecule has 3 rings (SSSR count). The normalized spacial score (nSPS) is 20.6. The van der Waals surface area contributed by atoms with Gasteiger partial charge in [0.25, 0.3) is 0 Å². The molecule has 2 N–H and O–H groups in total. The number of hydrogen-bond donors (Lipinski definition) is 2. The summed E-state index contributed by atoms with van der Waals surface area (Å²) in [5.41, 5.74) is 4.31. The average molecular weight is 597 g/mol. The van der Waals surface area contributed by atoms with E-state index in [9.17, 15) is 9.90 Å². The van der Waals surface area contributed by atoms with Crippen LogP contribution in [0.5, 0.6) is 0 Å². The molecule has 1 aliphatic heterocycles. The van der Waals surface area contributed by atoms with Crippen LogP contribution in [0, 0.1) is 5.41 Å². The lowest BCUT2D eigenvalue weighted by atomic mass is 9.69. The van der Waals surface area contributed by atoms with E-state index in [-0.39, 0.29) is 17.2 Å². The van der Waals surface area contributed by atoms with Gasteiger partial charge in [0.1, 0.15) is 0 Å². The summed E-state index contributed by atoms with van der Waals surface area (Å²) in [5.74, 6) is 1.03. The Hall–Kier alpha value is -2.02. The summed E-state index contributed by atoms with van der Waals surface area (Å²) < 4.78 is 1.13. The number of amides is 1. The lowest BCUT2D eigenvalue weighted by molar-refractivity contribution is -0.923. The second-order valence-electron chi connectivity index (χ2n) is 12.7. The summed E-state index contributed by atoms with van der Waals surface area (Å²) in [6, 6.07) is 15.0. The first-order chi connectivity index (χ1) is 20.2. The van der Waals surface area contributed by atoms with Gasteiger partial charge < -0.3 is 19.8 Å². The summed E-state index contributed by atoms with van der Waals surface area (Å²) >= 11 is 1.92. The summed E-state index contributed by atoms with van der Waals surface area (Å²) in [4.78, 5) is 16.3. The van der Waals surface area contributed by atoms with Gasteiger partial charge in [0.05, 0.1) is 32.3 Å². The Balaban J connectivity index is 1.78. The number of fused-ring (bicyclic) bond motifs is 1. The molecule has 2 aromatic carbocycles. The molecule has 0 bridgehead atoms. The van der Waals surface area contributed by atoms with Crippen LogP contribution >= 0.6 is 11.8 Å². The van der Waals surface area contributed by atoms with E-state index in [1.54, 1.807) is 0 Å². The number of aliphatic hydroxyl groups is 1. The molecule has 234 valence electrons. The quantitative estimate of drug-likeness (QED) is 0.152. The molecule has 1 unspecified atom stereocenters. The Bertz CT molecular complexity index is 1120. The number of aliphatic hydroxyl groups excluding tert-OH is 1. The van der Waals surface area contributed by atoms with Crippen LogP contribution in [0.1, 0.15) is 96.6 Å². The third kappa shape index (κ3) is 8.54. The Morgan fingerprint density at radius 3 is 2.40 bits per heavy atom. The van der Waals surface area contributed by atoms with Crippen molar-refractivity contribution in [3.05, 3.63) is 53.6 Å². The van der Waals surface area contributed by atoms with E-state index < -0.39 is 6.10 Å². The highest BCUT2D eigenvalue weighted by molar-refractivity contribution is 7.99. The van der Waals surface area contributed by atoms with Crippen molar-refractivity contribution >= 4 is 29.0 Å². The predicted octanol–water partition coefficient (Wildman–Crippen LogP) is 8.12. The number of nitrogens with one attached hydrogen (secondary N) is 1. The number of quaternary nitrogens is 1. The molecule has 2 aromatic rings. The molecule has 0 fully saturated rings. The zero-order chi connectivity index (χ0) is 30.8. The van der Waals surface area contributed by atoms with Gasteiger partial charge in [-0.25, -0.2) is 0 Å². The molecular formula is C36H58N3O2S+. The third-order valence-electron chi connectivity index (χ3n) is 10.1. The lowest BCUT2D eigenvalue weighted by Crippen LogP contribution is -2.48. The third-order valence-corrected chi connectivity index (χ3v) is 11.5. The Kier molecular flexibility index (Phi) is 13.3. The van der Waals surface area contributed by atoms with E-state index in [1.165, 1.54) is 10.5 Å². The number of benzene rings is 2. The molecule has 0 aliphatic carbocycles. The van der Waals surface area contributed by atoms with Gasteiger partial charge in [0, 0.05) is 53.9 Å². The number of hydrogen-bond acceptors (Lipinski definition) is 4. The zero-order valence-electron chi connectivity index (χ0n) is 27.5. The number of unbranched alkanes of at least 4 members (excludes halogenated alkanes) is 2. The molecule has 0 saturated carbocycles. The number of carbonyl (C=O) groups excluding carboxylic acids is 1. The smallest absolute Gasteiger partial charge is 0.224 e. The van der Waals surface area contributed by atoms with Crippen LogP contribution in [-0.2, 0) is 11.2 Å². The zero-order valence-corrected chi connectivity index (χ0v) is 28.4. The van der Waals surface area contributed by atoms with E-state index >= 15 is 0 Å². The van der Waals surface area contributed by atoms with Gasteiger partial charge in [0.2, 0.25) is 5.91 Å². The topological polar surface area (TPSA) is 52.6 Å². The summed E-state index contributed by atoms with van der Waals surface area (Å²) in [5, 5.41) is 15.3. The molecule has 42 heavy (non-hydrogen) atoms. The van der Waals surface area contributed by atoms with E-state index in [1.807, 2.05) is 23.9 Å². The first kappa shape index (κ1) is 34.5. The highest BCUT2D eigenvalue weighted by Crippen LogP contribution is 2.50. The molecule has 5 nitrogen and oxygen atoms in total. The molecule has 3 atom stereocenters. The van der Waals surface area contributed by atoms with E-state index in [0.29, 0.717) is 6.42 Å².